The summed E-state index contributed by atoms with van der Waals surface area (Å²) in [6.07, 6.45) is 2.92. The third-order valence-electron chi connectivity index (χ3n) is 5.08. The number of amides is 1. The Kier molecular flexibility index (Phi) is 7.92. The molecule has 1 saturated heterocycles. The topological polar surface area (TPSA) is 84.9 Å². The molecule has 0 atom stereocenters. The van der Waals surface area contributed by atoms with Crippen LogP contribution in [0.15, 0.2) is 47.4 Å². The summed E-state index contributed by atoms with van der Waals surface area (Å²) in [5, 5.41) is 2.82. The van der Waals surface area contributed by atoms with E-state index in [0.717, 1.165) is 30.6 Å². The molecule has 0 aromatic heterocycles. The molecule has 1 aliphatic heterocycles. The Morgan fingerprint density at radius 3 is 2.29 bits per heavy atom. The van der Waals surface area contributed by atoms with E-state index in [0.29, 0.717) is 37.7 Å². The molecule has 0 bridgehead atoms. The van der Waals surface area contributed by atoms with Gasteiger partial charge in [-0.05, 0) is 62.6 Å². The minimum atomic E-state index is -3.61. The lowest BCUT2D eigenvalue weighted by Crippen LogP contribution is -2.35. The highest BCUT2D eigenvalue weighted by Gasteiger charge is 2.27. The number of piperidine rings is 1. The second-order valence-corrected chi connectivity index (χ2v) is 9.30. The molecule has 0 unspecified atom stereocenters. The molecule has 0 radical (unpaired) electrons. The number of rotatable bonds is 9. The molecule has 2 aromatic rings. The van der Waals surface area contributed by atoms with Gasteiger partial charge in [0.15, 0.2) is 0 Å². The lowest BCUT2D eigenvalue weighted by Gasteiger charge is -2.26. The smallest absolute Gasteiger partial charge is 0.243 e. The third-order valence-corrected chi connectivity index (χ3v) is 6.97. The van der Waals surface area contributed by atoms with Gasteiger partial charge in [-0.3, -0.25) is 4.79 Å². The second kappa shape index (κ2) is 10.6. The maximum atomic E-state index is 13.0. The van der Waals surface area contributed by atoms with Crippen molar-refractivity contribution in [2.75, 3.05) is 31.6 Å². The molecule has 1 fully saturated rings. The molecule has 1 amide bonds. The summed E-state index contributed by atoms with van der Waals surface area (Å²) in [5.41, 5.74) is 1.19. The van der Waals surface area contributed by atoms with Crippen LogP contribution >= 0.6 is 0 Å². The van der Waals surface area contributed by atoms with Crippen LogP contribution in [0, 0.1) is 0 Å². The molecule has 3 rings (SSSR count). The second-order valence-electron chi connectivity index (χ2n) is 7.36. The Morgan fingerprint density at radius 1 is 0.968 bits per heavy atom. The first kappa shape index (κ1) is 23.1. The lowest BCUT2D eigenvalue weighted by molar-refractivity contribution is -0.115. The van der Waals surface area contributed by atoms with Gasteiger partial charge in [-0.1, -0.05) is 18.6 Å². The summed E-state index contributed by atoms with van der Waals surface area (Å²) in [7, 11) is -3.61. The van der Waals surface area contributed by atoms with Gasteiger partial charge in [0, 0.05) is 13.1 Å². The van der Waals surface area contributed by atoms with Crippen molar-refractivity contribution in [1.82, 2.24) is 4.31 Å². The molecule has 1 aliphatic rings. The van der Waals surface area contributed by atoms with E-state index in [1.54, 1.807) is 6.07 Å². The van der Waals surface area contributed by atoms with Crippen molar-refractivity contribution >= 4 is 21.6 Å². The van der Waals surface area contributed by atoms with Crippen molar-refractivity contribution in [3.8, 4) is 11.5 Å². The molecule has 8 heteroatoms. The van der Waals surface area contributed by atoms with Gasteiger partial charge in [-0.25, -0.2) is 8.42 Å². The van der Waals surface area contributed by atoms with E-state index < -0.39 is 10.0 Å². The molecule has 168 valence electrons. The van der Waals surface area contributed by atoms with Gasteiger partial charge in [-0.2, -0.15) is 4.31 Å². The summed E-state index contributed by atoms with van der Waals surface area (Å²) >= 11 is 0. The zero-order valence-electron chi connectivity index (χ0n) is 18.1. The van der Waals surface area contributed by atoms with Crippen molar-refractivity contribution in [2.24, 2.45) is 0 Å². The molecule has 1 heterocycles. The van der Waals surface area contributed by atoms with Crippen LogP contribution in [-0.2, 0) is 21.2 Å². The molecular weight excluding hydrogens is 416 g/mol. The summed E-state index contributed by atoms with van der Waals surface area (Å²) < 4.78 is 38.6. The fraction of sp³-hybridized carbons (Fsp3) is 0.435. The molecular formula is C23H30N2O5S. The van der Waals surface area contributed by atoms with Crippen molar-refractivity contribution < 1.29 is 22.7 Å². The number of nitrogens with one attached hydrogen (secondary N) is 1. The van der Waals surface area contributed by atoms with Gasteiger partial charge in [0.1, 0.15) is 11.5 Å². The van der Waals surface area contributed by atoms with Crippen LogP contribution in [0.4, 0.5) is 5.69 Å². The first-order valence-electron chi connectivity index (χ1n) is 10.7. The molecule has 7 nitrogen and oxygen atoms in total. The zero-order valence-corrected chi connectivity index (χ0v) is 18.9. The predicted molar refractivity (Wildman–Crippen MR) is 120 cm³/mol. The van der Waals surface area contributed by atoms with Crippen molar-refractivity contribution in [3.63, 3.8) is 0 Å². The van der Waals surface area contributed by atoms with E-state index >= 15 is 0 Å². The maximum Gasteiger partial charge on any atom is 0.243 e. The first-order chi connectivity index (χ1) is 14.9. The number of ether oxygens (including phenoxy) is 2. The Bertz CT molecular complexity index is 984. The van der Waals surface area contributed by atoms with Crippen LogP contribution in [0.5, 0.6) is 11.5 Å². The average molecular weight is 447 g/mol. The van der Waals surface area contributed by atoms with E-state index in [4.69, 9.17) is 9.47 Å². The number of anilines is 1. The molecule has 2 aromatic carbocycles. The Balaban J connectivity index is 1.78. The first-order valence-corrected chi connectivity index (χ1v) is 12.2. The standard InChI is InChI=1S/C23H30N2O5S/c1-3-29-19-10-8-18(9-11-19)16-23(26)24-21-17-20(12-13-22(21)30-4-2)31(27,28)25-14-6-5-7-15-25/h8-13,17H,3-7,14-16H2,1-2H3,(H,24,26). The van der Waals surface area contributed by atoms with Gasteiger partial charge < -0.3 is 14.8 Å². The van der Waals surface area contributed by atoms with E-state index in [2.05, 4.69) is 5.32 Å². The zero-order chi connectivity index (χ0) is 22.3. The molecule has 0 spiro atoms. The summed E-state index contributed by atoms with van der Waals surface area (Å²) in [5.74, 6) is 0.943. The maximum absolute atomic E-state index is 13.0. The molecule has 31 heavy (non-hydrogen) atoms. The Hall–Kier alpha value is -2.58. The lowest BCUT2D eigenvalue weighted by atomic mass is 10.1. The Labute approximate surface area is 184 Å². The van der Waals surface area contributed by atoms with E-state index in [9.17, 15) is 13.2 Å². The SMILES string of the molecule is CCOc1ccc(CC(=O)Nc2cc(S(=O)(=O)N3CCCCC3)ccc2OCC)cc1. The van der Waals surface area contributed by atoms with E-state index in [1.165, 1.54) is 16.4 Å². The summed E-state index contributed by atoms with van der Waals surface area (Å²) in [4.78, 5) is 12.8. The van der Waals surface area contributed by atoms with Crippen LogP contribution in [0.3, 0.4) is 0 Å². The highest BCUT2D eigenvalue weighted by molar-refractivity contribution is 7.89. The number of carbonyl (C=O) groups excluding carboxylic acids is 1. The predicted octanol–water partition coefficient (Wildman–Crippen LogP) is 3.84. The van der Waals surface area contributed by atoms with Gasteiger partial charge in [0.05, 0.1) is 30.2 Å². The van der Waals surface area contributed by atoms with Crippen LogP contribution < -0.4 is 14.8 Å². The van der Waals surface area contributed by atoms with E-state index in [-0.39, 0.29) is 17.2 Å². The fourth-order valence-corrected chi connectivity index (χ4v) is 5.10. The summed E-state index contributed by atoms with van der Waals surface area (Å²) in [6.45, 7) is 5.78. The van der Waals surface area contributed by atoms with Crippen molar-refractivity contribution in [3.05, 3.63) is 48.0 Å². The number of benzene rings is 2. The van der Waals surface area contributed by atoms with Gasteiger partial charge in [-0.15, -0.1) is 0 Å². The fourth-order valence-electron chi connectivity index (χ4n) is 3.55. The van der Waals surface area contributed by atoms with Crippen LogP contribution in [0.1, 0.15) is 38.7 Å². The number of carbonyl (C=O) groups is 1. The number of hydrogen-bond donors (Lipinski definition) is 1. The van der Waals surface area contributed by atoms with E-state index in [1.807, 2.05) is 38.1 Å². The minimum absolute atomic E-state index is 0.154. The average Bonchev–Trinajstić information content (AvgIpc) is 2.77. The number of nitrogens with zero attached hydrogens (tertiary/aromatic N) is 1. The Morgan fingerprint density at radius 2 is 1.65 bits per heavy atom. The molecule has 0 saturated carbocycles. The largest absolute Gasteiger partial charge is 0.494 e. The van der Waals surface area contributed by atoms with Gasteiger partial charge in [0.25, 0.3) is 0 Å². The third kappa shape index (κ3) is 5.98. The minimum Gasteiger partial charge on any atom is -0.494 e. The quantitative estimate of drug-likeness (QED) is 0.633. The van der Waals surface area contributed by atoms with Crippen LogP contribution in [0.25, 0.3) is 0 Å². The number of sulfonamides is 1. The summed E-state index contributed by atoms with van der Waals surface area (Å²) in [6, 6.07) is 12.0. The van der Waals surface area contributed by atoms with Crippen LogP contribution in [0.2, 0.25) is 0 Å². The normalized spacial score (nSPS) is 14.8. The van der Waals surface area contributed by atoms with Crippen LogP contribution in [-0.4, -0.2) is 44.9 Å². The monoisotopic (exact) mass is 446 g/mol. The highest BCUT2D eigenvalue weighted by Crippen LogP contribution is 2.30. The van der Waals surface area contributed by atoms with Crippen molar-refractivity contribution in [2.45, 2.75) is 44.4 Å². The number of hydrogen-bond acceptors (Lipinski definition) is 5. The van der Waals surface area contributed by atoms with Crippen molar-refractivity contribution in [1.29, 1.82) is 0 Å². The molecule has 0 aliphatic carbocycles. The van der Waals surface area contributed by atoms with Gasteiger partial charge >= 0.3 is 0 Å². The highest BCUT2D eigenvalue weighted by atomic mass is 32.2. The van der Waals surface area contributed by atoms with Gasteiger partial charge in [0.2, 0.25) is 15.9 Å². The molecule has 1 N–H and O–H groups in total.